The van der Waals surface area contributed by atoms with Crippen LogP contribution in [-0.4, -0.2) is 7.05 Å². The zero-order valence-corrected chi connectivity index (χ0v) is 11.8. The first-order chi connectivity index (χ1) is 8.34. The zero-order valence-electron chi connectivity index (χ0n) is 11.8. The van der Waals surface area contributed by atoms with Crippen LogP contribution in [0.1, 0.15) is 27.7 Å². The molecular weight excluding hydrogens is 232 g/mol. The van der Waals surface area contributed by atoms with Crippen LogP contribution >= 0.6 is 0 Å². The van der Waals surface area contributed by atoms with Crippen molar-refractivity contribution in [3.8, 4) is 0 Å². The van der Waals surface area contributed by atoms with Crippen LogP contribution < -0.4 is 5.32 Å². The molecule has 0 saturated carbocycles. The van der Waals surface area contributed by atoms with Crippen LogP contribution in [0.2, 0.25) is 0 Å². The average molecular weight is 255 g/mol. The Morgan fingerprint density at radius 3 is 1.94 bits per heavy atom. The van der Waals surface area contributed by atoms with E-state index < -0.39 is 0 Å². The van der Waals surface area contributed by atoms with Gasteiger partial charge >= 0.3 is 0 Å². The molecule has 0 fully saturated rings. The zero-order chi connectivity index (χ0) is 14.6. The van der Waals surface area contributed by atoms with Gasteiger partial charge in [-0.1, -0.05) is 30.4 Å². The van der Waals surface area contributed by atoms with Crippen molar-refractivity contribution in [2.45, 2.75) is 27.7 Å². The topological polar surface area (TPSA) is 12.0 Å². The van der Waals surface area contributed by atoms with Crippen molar-refractivity contribution >= 4 is 0 Å². The molecule has 0 bridgehead atoms. The smallest absolute Gasteiger partial charge is 0.186 e. The summed E-state index contributed by atoms with van der Waals surface area (Å²) in [4.78, 5) is 0. The Morgan fingerprint density at radius 2 is 1.61 bits per heavy atom. The monoisotopic (exact) mass is 255 g/mol. The summed E-state index contributed by atoms with van der Waals surface area (Å²) in [6.45, 7) is 10.7. The maximum absolute atomic E-state index is 12.4. The second-order valence-corrected chi connectivity index (χ2v) is 3.83. The molecule has 0 aromatic rings. The van der Waals surface area contributed by atoms with E-state index in [2.05, 4.69) is 11.9 Å². The highest BCUT2D eigenvalue weighted by Gasteiger charge is 1.88. The molecular formula is C15H23F2N. The van der Waals surface area contributed by atoms with Crippen molar-refractivity contribution < 1.29 is 8.78 Å². The summed E-state index contributed by atoms with van der Waals surface area (Å²) in [6.07, 6.45) is 7.91. The van der Waals surface area contributed by atoms with Gasteiger partial charge in [-0.3, -0.25) is 0 Å². The van der Waals surface area contributed by atoms with Crippen molar-refractivity contribution in [3.63, 3.8) is 0 Å². The second kappa shape index (κ2) is 11.8. The summed E-state index contributed by atoms with van der Waals surface area (Å²) in [5, 5.41) is 2.37. The standard InChI is InChI=1S/C8H11F.C7H12FN/c1-4-5-6-8(9)7(2)3;1-6(2)4-5-7(8)9-3/h4-6H,2H2,1,3H3;4-5,9H,1-3H3/b5-4-,8-6+;7-5-. The highest BCUT2D eigenvalue weighted by Crippen LogP contribution is 2.06. The van der Waals surface area contributed by atoms with E-state index in [4.69, 9.17) is 0 Å². The van der Waals surface area contributed by atoms with E-state index in [-0.39, 0.29) is 11.8 Å². The third kappa shape index (κ3) is 14.4. The fourth-order valence-corrected chi connectivity index (χ4v) is 0.646. The van der Waals surface area contributed by atoms with Gasteiger partial charge in [-0.2, -0.15) is 4.39 Å². The maximum Gasteiger partial charge on any atom is 0.186 e. The first-order valence-corrected chi connectivity index (χ1v) is 5.67. The molecule has 1 nitrogen and oxygen atoms in total. The Bertz CT molecular complexity index is 357. The van der Waals surface area contributed by atoms with Crippen molar-refractivity contribution in [2.75, 3.05) is 7.05 Å². The second-order valence-electron chi connectivity index (χ2n) is 3.83. The molecule has 0 aliphatic carbocycles. The molecule has 0 heterocycles. The summed E-state index contributed by atoms with van der Waals surface area (Å²) < 4.78 is 24.6. The predicted octanol–water partition coefficient (Wildman–Crippen LogP) is 4.97. The lowest BCUT2D eigenvalue weighted by atomic mass is 10.3. The van der Waals surface area contributed by atoms with Crippen molar-refractivity contribution in [1.29, 1.82) is 0 Å². The first kappa shape index (κ1) is 18.7. The molecule has 0 atom stereocenters. The third-order valence-corrected chi connectivity index (χ3v) is 1.64. The molecule has 0 aliphatic rings. The van der Waals surface area contributed by atoms with Gasteiger partial charge in [0.1, 0.15) is 5.83 Å². The van der Waals surface area contributed by atoms with Crippen LogP contribution in [0, 0.1) is 0 Å². The van der Waals surface area contributed by atoms with Gasteiger partial charge in [0.2, 0.25) is 0 Å². The van der Waals surface area contributed by atoms with E-state index in [9.17, 15) is 8.78 Å². The number of hydrogen-bond acceptors (Lipinski definition) is 1. The molecule has 102 valence electrons. The molecule has 3 heteroatoms. The molecule has 0 spiro atoms. The van der Waals surface area contributed by atoms with Gasteiger partial charge in [-0.05, 0) is 45.4 Å². The molecule has 0 aromatic heterocycles. The minimum Gasteiger partial charge on any atom is -0.365 e. The molecule has 0 radical (unpaired) electrons. The summed E-state index contributed by atoms with van der Waals surface area (Å²) in [5.74, 6) is -0.565. The van der Waals surface area contributed by atoms with Crippen LogP contribution in [0.4, 0.5) is 8.78 Å². The van der Waals surface area contributed by atoms with Crippen molar-refractivity contribution in [2.24, 2.45) is 0 Å². The third-order valence-electron chi connectivity index (χ3n) is 1.64. The Balaban J connectivity index is 0. The van der Waals surface area contributed by atoms with Gasteiger partial charge in [0, 0.05) is 7.05 Å². The van der Waals surface area contributed by atoms with Crippen LogP contribution in [0.5, 0.6) is 0 Å². The number of nitrogens with one attached hydrogen (secondary N) is 1. The minimum absolute atomic E-state index is 0.256. The fraction of sp³-hybridized carbons (Fsp3) is 0.333. The molecule has 0 unspecified atom stereocenters. The highest BCUT2D eigenvalue weighted by atomic mass is 19.1. The molecule has 1 N–H and O–H groups in total. The Morgan fingerprint density at radius 1 is 1.06 bits per heavy atom. The molecule has 0 aromatic carbocycles. The molecule has 0 aliphatic heterocycles. The fourth-order valence-electron chi connectivity index (χ4n) is 0.646. The van der Waals surface area contributed by atoms with Crippen LogP contribution in [-0.2, 0) is 0 Å². The Kier molecular flexibility index (Phi) is 12.3. The number of allylic oxidation sites excluding steroid dienone is 8. The van der Waals surface area contributed by atoms with Gasteiger partial charge in [0.05, 0.1) is 0 Å². The highest BCUT2D eigenvalue weighted by molar-refractivity contribution is 5.23. The first-order valence-electron chi connectivity index (χ1n) is 5.67. The minimum atomic E-state index is -0.309. The van der Waals surface area contributed by atoms with Gasteiger partial charge in [-0.25, -0.2) is 4.39 Å². The van der Waals surface area contributed by atoms with E-state index in [1.54, 1.807) is 32.2 Å². The number of hydrogen-bond donors (Lipinski definition) is 1. The van der Waals surface area contributed by atoms with Crippen molar-refractivity contribution in [1.82, 2.24) is 5.32 Å². The quantitative estimate of drug-likeness (QED) is 0.552. The molecule has 0 saturated heterocycles. The molecule has 0 amide bonds. The SMILES string of the molecule is C=C(C)/C(F)=C\C=C/C.CN/C(F)=C\C=C(C)C. The Labute approximate surface area is 109 Å². The summed E-state index contributed by atoms with van der Waals surface area (Å²) >= 11 is 0. The van der Waals surface area contributed by atoms with Gasteiger partial charge < -0.3 is 5.32 Å². The molecule has 18 heavy (non-hydrogen) atoms. The van der Waals surface area contributed by atoms with Crippen LogP contribution in [0.3, 0.4) is 0 Å². The summed E-state index contributed by atoms with van der Waals surface area (Å²) in [6, 6.07) is 0. The average Bonchev–Trinajstić information content (AvgIpc) is 2.33. The normalized spacial score (nSPS) is 11.7. The molecule has 0 rings (SSSR count). The predicted molar refractivity (Wildman–Crippen MR) is 76.5 cm³/mol. The largest absolute Gasteiger partial charge is 0.365 e. The van der Waals surface area contributed by atoms with E-state index in [1.165, 1.54) is 12.2 Å². The Hall–Kier alpha value is -1.64. The lowest BCUT2D eigenvalue weighted by Crippen LogP contribution is -1.98. The van der Waals surface area contributed by atoms with Crippen LogP contribution in [0.25, 0.3) is 0 Å². The van der Waals surface area contributed by atoms with E-state index in [0.717, 1.165) is 5.57 Å². The van der Waals surface area contributed by atoms with Gasteiger partial charge in [0.15, 0.2) is 5.95 Å². The number of rotatable bonds is 4. The van der Waals surface area contributed by atoms with Crippen molar-refractivity contribution in [3.05, 3.63) is 59.9 Å². The van der Waals surface area contributed by atoms with E-state index in [0.29, 0.717) is 5.57 Å². The number of halogens is 2. The van der Waals surface area contributed by atoms with Gasteiger partial charge in [-0.15, -0.1) is 0 Å². The van der Waals surface area contributed by atoms with Gasteiger partial charge in [0.25, 0.3) is 0 Å². The van der Waals surface area contributed by atoms with Crippen LogP contribution in [0.15, 0.2) is 59.9 Å². The summed E-state index contributed by atoms with van der Waals surface area (Å²) in [5.41, 5.74) is 1.55. The lowest BCUT2D eigenvalue weighted by molar-refractivity contribution is 0.574. The maximum atomic E-state index is 12.4. The van der Waals surface area contributed by atoms with E-state index >= 15 is 0 Å². The summed E-state index contributed by atoms with van der Waals surface area (Å²) in [7, 11) is 1.55. The van der Waals surface area contributed by atoms with E-state index in [1.807, 2.05) is 20.8 Å². The lowest BCUT2D eigenvalue weighted by Gasteiger charge is -1.89.